The molecule has 0 unspecified atom stereocenters. The van der Waals surface area contributed by atoms with E-state index in [9.17, 15) is 19.5 Å². The highest BCUT2D eigenvalue weighted by Gasteiger charge is 2.23. The average molecular weight is 532 g/mol. The molecule has 0 spiro atoms. The number of aryl methyl sites for hydroxylation is 1. The summed E-state index contributed by atoms with van der Waals surface area (Å²) in [6.45, 7) is 10.4. The zero-order chi connectivity index (χ0) is 28.6. The van der Waals surface area contributed by atoms with Gasteiger partial charge in [-0.05, 0) is 76.1 Å². The third kappa shape index (κ3) is 7.97. The van der Waals surface area contributed by atoms with E-state index in [1.165, 1.54) is 12.1 Å². The van der Waals surface area contributed by atoms with Crippen molar-refractivity contribution in [2.45, 2.75) is 72.3 Å². The van der Waals surface area contributed by atoms with Crippen molar-refractivity contribution in [2.24, 2.45) is 0 Å². The van der Waals surface area contributed by atoms with Crippen molar-refractivity contribution in [3.63, 3.8) is 0 Å². The summed E-state index contributed by atoms with van der Waals surface area (Å²) < 4.78 is 11.5. The van der Waals surface area contributed by atoms with Crippen molar-refractivity contribution < 1.29 is 28.6 Å². The van der Waals surface area contributed by atoms with Crippen LogP contribution < -0.4 is 0 Å². The Morgan fingerprint density at radius 3 is 2.26 bits per heavy atom. The molecule has 39 heavy (non-hydrogen) atoms. The summed E-state index contributed by atoms with van der Waals surface area (Å²) >= 11 is 0. The van der Waals surface area contributed by atoms with Gasteiger partial charge in [-0.2, -0.15) is 0 Å². The number of hydrogen-bond acceptors (Lipinski definition) is 5. The van der Waals surface area contributed by atoms with Gasteiger partial charge < -0.3 is 14.3 Å². The molecule has 0 aliphatic heterocycles. The molecule has 3 rings (SSSR count). The van der Waals surface area contributed by atoms with Gasteiger partial charge in [0.25, 0.3) is 0 Å². The Labute approximate surface area is 230 Å². The van der Waals surface area contributed by atoms with Gasteiger partial charge in [0, 0.05) is 29.5 Å². The van der Waals surface area contributed by atoms with Crippen LogP contribution in [0.5, 0.6) is 0 Å². The highest BCUT2D eigenvalue weighted by molar-refractivity contribution is 6.17. The number of nitrogens with zero attached hydrogens (tertiary/aromatic N) is 1. The summed E-state index contributed by atoms with van der Waals surface area (Å²) in [7, 11) is 0. The van der Waals surface area contributed by atoms with E-state index in [0.29, 0.717) is 46.4 Å². The molecule has 0 saturated carbocycles. The first kappa shape index (κ1) is 29.5. The summed E-state index contributed by atoms with van der Waals surface area (Å²) in [4.78, 5) is 39.3. The molecular formula is C32H37NO6. The van der Waals surface area contributed by atoms with E-state index in [4.69, 9.17) is 9.15 Å². The van der Waals surface area contributed by atoms with E-state index < -0.39 is 11.6 Å². The van der Waals surface area contributed by atoms with Gasteiger partial charge in [-0.15, -0.1) is 0 Å². The molecule has 206 valence electrons. The molecule has 0 bridgehead atoms. The molecule has 1 heterocycles. The number of furan rings is 1. The van der Waals surface area contributed by atoms with E-state index in [-0.39, 0.29) is 24.0 Å². The van der Waals surface area contributed by atoms with Gasteiger partial charge in [-0.25, -0.2) is 9.59 Å². The lowest BCUT2D eigenvalue weighted by molar-refractivity contribution is 0.0273. The van der Waals surface area contributed by atoms with Crippen molar-refractivity contribution in [1.29, 1.82) is 0 Å². The lowest BCUT2D eigenvalue weighted by Gasteiger charge is -2.26. The standard InChI is InChI=1S/C32H37NO6/c1-6-8-12-27-28(25-21-24(30(35)36)17-18-26(25)38-27)29(34)23-15-13-22(14-16-23)11-10-20-33(19-9-7-2)31(37)39-32(3,4)5/h13-18,21H,6-9,12,19-20H2,1-5H3,(H,35,36). The SMILES string of the molecule is CCCCc1oc2ccc(C(=O)O)cc2c1C(=O)c1ccc(C#CCN(CCCC)C(=O)OC(C)(C)C)cc1. The molecule has 7 nitrogen and oxygen atoms in total. The first-order chi connectivity index (χ1) is 18.5. The van der Waals surface area contributed by atoms with Gasteiger partial charge in [-0.3, -0.25) is 9.69 Å². The van der Waals surface area contributed by atoms with Crippen LogP contribution in [0.2, 0.25) is 0 Å². The second-order valence-electron chi connectivity index (χ2n) is 10.5. The van der Waals surface area contributed by atoms with Gasteiger partial charge in [-0.1, -0.05) is 38.5 Å². The molecule has 3 aromatic rings. The third-order valence-corrected chi connectivity index (χ3v) is 6.08. The van der Waals surface area contributed by atoms with Gasteiger partial charge >= 0.3 is 12.1 Å². The maximum atomic E-state index is 13.6. The third-order valence-electron chi connectivity index (χ3n) is 6.08. The van der Waals surface area contributed by atoms with Gasteiger partial charge in [0.05, 0.1) is 17.7 Å². The first-order valence-electron chi connectivity index (χ1n) is 13.4. The maximum Gasteiger partial charge on any atom is 0.411 e. The van der Waals surface area contributed by atoms with E-state index in [1.54, 1.807) is 35.2 Å². The predicted octanol–water partition coefficient (Wildman–Crippen LogP) is 7.09. The molecule has 7 heteroatoms. The number of benzene rings is 2. The summed E-state index contributed by atoms with van der Waals surface area (Å²) in [6, 6.07) is 11.5. The van der Waals surface area contributed by atoms with Crippen LogP contribution >= 0.6 is 0 Å². The molecule has 0 atom stereocenters. The minimum atomic E-state index is -1.06. The van der Waals surface area contributed by atoms with Gasteiger partial charge in [0.2, 0.25) is 0 Å². The topological polar surface area (TPSA) is 97.0 Å². The van der Waals surface area contributed by atoms with Gasteiger partial charge in [0.15, 0.2) is 5.78 Å². The average Bonchev–Trinajstić information content (AvgIpc) is 3.25. The number of carbonyl (C=O) groups is 3. The summed E-state index contributed by atoms with van der Waals surface area (Å²) in [6.07, 6.45) is 3.79. The van der Waals surface area contributed by atoms with Crippen LogP contribution in [0.3, 0.4) is 0 Å². The molecule has 0 fully saturated rings. The van der Waals surface area contributed by atoms with Crippen LogP contribution in [0, 0.1) is 11.8 Å². The fraction of sp³-hybridized carbons (Fsp3) is 0.406. The quantitative estimate of drug-likeness (QED) is 0.221. The number of carboxylic acids is 1. The molecule has 0 aliphatic rings. The lowest BCUT2D eigenvalue weighted by Crippen LogP contribution is -2.37. The second kappa shape index (κ2) is 13.1. The Morgan fingerprint density at radius 1 is 0.974 bits per heavy atom. The van der Waals surface area contributed by atoms with E-state index in [0.717, 1.165) is 25.7 Å². The number of ether oxygens (including phenoxy) is 1. The highest BCUT2D eigenvalue weighted by atomic mass is 16.6. The minimum Gasteiger partial charge on any atom is -0.478 e. The van der Waals surface area contributed by atoms with E-state index in [1.807, 2.05) is 20.8 Å². The van der Waals surface area contributed by atoms with E-state index in [2.05, 4.69) is 25.7 Å². The second-order valence-corrected chi connectivity index (χ2v) is 10.5. The van der Waals surface area contributed by atoms with Crippen molar-refractivity contribution >= 4 is 28.8 Å². The molecule has 0 aliphatic carbocycles. The molecule has 2 aromatic carbocycles. The molecule has 0 radical (unpaired) electrons. The Hall–Kier alpha value is -4.05. The number of rotatable bonds is 10. The summed E-state index contributed by atoms with van der Waals surface area (Å²) in [5.74, 6) is 5.39. The van der Waals surface area contributed by atoms with Crippen LogP contribution in [-0.2, 0) is 11.2 Å². The van der Waals surface area contributed by atoms with Crippen molar-refractivity contribution in [3.8, 4) is 11.8 Å². The molecular weight excluding hydrogens is 494 g/mol. The molecule has 1 amide bonds. The number of amides is 1. The van der Waals surface area contributed by atoms with Crippen molar-refractivity contribution in [2.75, 3.05) is 13.1 Å². The highest BCUT2D eigenvalue weighted by Crippen LogP contribution is 2.30. The van der Waals surface area contributed by atoms with Crippen LogP contribution in [-0.4, -0.2) is 46.5 Å². The van der Waals surface area contributed by atoms with Crippen LogP contribution in [0.25, 0.3) is 11.0 Å². The lowest BCUT2D eigenvalue weighted by atomic mass is 9.97. The van der Waals surface area contributed by atoms with Gasteiger partial charge in [0.1, 0.15) is 16.9 Å². The fourth-order valence-corrected chi connectivity index (χ4v) is 4.04. The number of carboxylic acid groups (broad SMARTS) is 1. The number of carbonyl (C=O) groups excluding carboxylic acids is 2. The Morgan fingerprint density at radius 2 is 1.64 bits per heavy atom. The number of hydrogen-bond donors (Lipinski definition) is 1. The zero-order valence-corrected chi connectivity index (χ0v) is 23.4. The molecule has 1 aromatic heterocycles. The number of fused-ring (bicyclic) bond motifs is 1. The van der Waals surface area contributed by atoms with Crippen LogP contribution in [0.15, 0.2) is 46.9 Å². The zero-order valence-electron chi connectivity index (χ0n) is 23.4. The first-order valence-corrected chi connectivity index (χ1v) is 13.4. The Bertz CT molecular complexity index is 1380. The summed E-state index contributed by atoms with van der Waals surface area (Å²) in [5.41, 5.74) is 1.59. The number of ketones is 1. The predicted molar refractivity (Wildman–Crippen MR) is 151 cm³/mol. The smallest absolute Gasteiger partial charge is 0.411 e. The van der Waals surface area contributed by atoms with Crippen LogP contribution in [0.1, 0.15) is 97.9 Å². The molecule has 0 saturated heterocycles. The molecule has 1 N–H and O–H groups in total. The van der Waals surface area contributed by atoms with E-state index >= 15 is 0 Å². The van der Waals surface area contributed by atoms with Crippen LogP contribution in [0.4, 0.5) is 4.79 Å². The van der Waals surface area contributed by atoms with Crippen molar-refractivity contribution in [3.05, 3.63) is 70.5 Å². The maximum absolute atomic E-state index is 13.6. The Balaban J connectivity index is 1.83. The minimum absolute atomic E-state index is 0.101. The Kier molecular flexibility index (Phi) is 9.95. The number of unbranched alkanes of at least 4 members (excludes halogenated alkanes) is 2. The fourth-order valence-electron chi connectivity index (χ4n) is 4.04. The summed E-state index contributed by atoms with van der Waals surface area (Å²) in [5, 5.41) is 9.94. The monoisotopic (exact) mass is 531 g/mol. The number of aromatic carboxylic acids is 1. The van der Waals surface area contributed by atoms with Crippen molar-refractivity contribution in [1.82, 2.24) is 4.90 Å². The normalized spacial score (nSPS) is 11.1. The largest absolute Gasteiger partial charge is 0.478 e.